The number of halogens is 1. The van der Waals surface area contributed by atoms with Crippen LogP contribution in [0.25, 0.3) is 0 Å². The molecule has 1 aliphatic heterocycles. The van der Waals surface area contributed by atoms with Crippen LogP contribution in [-0.4, -0.2) is 35.7 Å². The summed E-state index contributed by atoms with van der Waals surface area (Å²) in [5.41, 5.74) is -0.0338. The predicted octanol–water partition coefficient (Wildman–Crippen LogP) is 2.65. The maximum Gasteiger partial charge on any atom is 0.276 e. The van der Waals surface area contributed by atoms with Gasteiger partial charge in [-0.25, -0.2) is 4.98 Å². The summed E-state index contributed by atoms with van der Waals surface area (Å²) in [4.78, 5) is 16.5. The standard InChI is InChI=1S/C12H16ClN3O3/c1-2-19-10-4-3-5-15(8-10)12-7-9(16(17)18)6-11(13)14-12/h6-7,10H,2-5,8H2,1H3. The Morgan fingerprint density at radius 2 is 2.42 bits per heavy atom. The summed E-state index contributed by atoms with van der Waals surface area (Å²) in [5.74, 6) is 0.545. The lowest BCUT2D eigenvalue weighted by Gasteiger charge is -2.33. The third kappa shape index (κ3) is 3.54. The molecule has 19 heavy (non-hydrogen) atoms. The van der Waals surface area contributed by atoms with E-state index in [2.05, 4.69) is 4.98 Å². The third-order valence-electron chi connectivity index (χ3n) is 3.08. The number of rotatable bonds is 4. The van der Waals surface area contributed by atoms with Gasteiger partial charge < -0.3 is 9.64 Å². The molecule has 1 aromatic rings. The van der Waals surface area contributed by atoms with E-state index in [1.165, 1.54) is 12.1 Å². The number of hydrogen-bond acceptors (Lipinski definition) is 5. The molecule has 0 N–H and O–H groups in total. The molecule has 2 heterocycles. The highest BCUT2D eigenvalue weighted by Gasteiger charge is 2.23. The van der Waals surface area contributed by atoms with Crippen LogP contribution in [0.4, 0.5) is 11.5 Å². The van der Waals surface area contributed by atoms with Gasteiger partial charge >= 0.3 is 0 Å². The van der Waals surface area contributed by atoms with Crippen molar-refractivity contribution in [3.8, 4) is 0 Å². The highest BCUT2D eigenvalue weighted by atomic mass is 35.5. The van der Waals surface area contributed by atoms with E-state index in [-0.39, 0.29) is 16.9 Å². The molecular formula is C12H16ClN3O3. The Bertz CT molecular complexity index is 468. The molecule has 0 amide bonds. The highest BCUT2D eigenvalue weighted by molar-refractivity contribution is 6.29. The number of ether oxygens (including phenoxy) is 1. The molecule has 0 aromatic carbocycles. The van der Waals surface area contributed by atoms with Gasteiger partial charge in [-0.1, -0.05) is 11.6 Å². The Labute approximate surface area is 116 Å². The van der Waals surface area contributed by atoms with Gasteiger partial charge in [0, 0.05) is 19.7 Å². The molecule has 1 unspecified atom stereocenters. The van der Waals surface area contributed by atoms with Crippen molar-refractivity contribution in [2.24, 2.45) is 0 Å². The minimum Gasteiger partial charge on any atom is -0.377 e. The molecule has 0 bridgehead atoms. The van der Waals surface area contributed by atoms with Gasteiger partial charge in [0.2, 0.25) is 0 Å². The first kappa shape index (κ1) is 14.0. The van der Waals surface area contributed by atoms with Gasteiger partial charge in [-0.3, -0.25) is 10.1 Å². The SMILES string of the molecule is CCOC1CCCN(c2cc([N+](=O)[O-])cc(Cl)n2)C1. The number of aromatic nitrogens is 1. The summed E-state index contributed by atoms with van der Waals surface area (Å²) in [7, 11) is 0. The smallest absolute Gasteiger partial charge is 0.276 e. The highest BCUT2D eigenvalue weighted by Crippen LogP contribution is 2.26. The average molecular weight is 286 g/mol. The van der Waals surface area contributed by atoms with Crippen LogP contribution in [0, 0.1) is 10.1 Å². The lowest BCUT2D eigenvalue weighted by Crippen LogP contribution is -2.40. The van der Waals surface area contributed by atoms with Gasteiger partial charge in [0.05, 0.1) is 23.2 Å². The van der Waals surface area contributed by atoms with Gasteiger partial charge in [0.15, 0.2) is 0 Å². The van der Waals surface area contributed by atoms with E-state index in [1.807, 2.05) is 11.8 Å². The van der Waals surface area contributed by atoms with Crippen LogP contribution in [0.5, 0.6) is 0 Å². The average Bonchev–Trinajstić information content (AvgIpc) is 2.38. The van der Waals surface area contributed by atoms with E-state index < -0.39 is 4.92 Å². The van der Waals surface area contributed by atoms with Crippen LogP contribution >= 0.6 is 11.6 Å². The van der Waals surface area contributed by atoms with Crippen molar-refractivity contribution >= 4 is 23.1 Å². The van der Waals surface area contributed by atoms with Crippen LogP contribution < -0.4 is 4.90 Å². The van der Waals surface area contributed by atoms with E-state index in [9.17, 15) is 10.1 Å². The summed E-state index contributed by atoms with van der Waals surface area (Å²) in [5, 5.41) is 11.0. The predicted molar refractivity (Wildman–Crippen MR) is 72.8 cm³/mol. The molecule has 1 aliphatic rings. The second-order valence-corrected chi connectivity index (χ2v) is 4.82. The molecule has 0 radical (unpaired) electrons. The summed E-state index contributed by atoms with van der Waals surface area (Å²) >= 11 is 5.84. The second kappa shape index (κ2) is 6.16. The van der Waals surface area contributed by atoms with Crippen molar-refractivity contribution in [3.05, 3.63) is 27.4 Å². The van der Waals surface area contributed by atoms with E-state index in [0.717, 1.165) is 19.4 Å². The fourth-order valence-corrected chi connectivity index (χ4v) is 2.45. The van der Waals surface area contributed by atoms with Crippen LogP contribution in [0.1, 0.15) is 19.8 Å². The minimum atomic E-state index is -0.457. The van der Waals surface area contributed by atoms with Crippen LogP contribution in [0.15, 0.2) is 12.1 Å². The zero-order valence-corrected chi connectivity index (χ0v) is 11.5. The number of piperidine rings is 1. The van der Waals surface area contributed by atoms with Crippen molar-refractivity contribution < 1.29 is 9.66 Å². The molecule has 7 heteroatoms. The Hall–Kier alpha value is -1.40. The quantitative estimate of drug-likeness (QED) is 0.483. The van der Waals surface area contributed by atoms with Gasteiger partial charge in [-0.15, -0.1) is 0 Å². The molecule has 1 fully saturated rings. The maximum atomic E-state index is 10.8. The first-order valence-electron chi connectivity index (χ1n) is 6.28. The topological polar surface area (TPSA) is 68.5 Å². The molecule has 2 rings (SSSR count). The Morgan fingerprint density at radius 3 is 3.11 bits per heavy atom. The fraction of sp³-hybridized carbons (Fsp3) is 0.583. The minimum absolute atomic E-state index is 0.0338. The Kier molecular flexibility index (Phi) is 4.55. The fourth-order valence-electron chi connectivity index (χ4n) is 2.26. The van der Waals surface area contributed by atoms with E-state index in [1.54, 1.807) is 0 Å². The van der Waals surface area contributed by atoms with Crippen molar-refractivity contribution in [2.45, 2.75) is 25.9 Å². The summed E-state index contributed by atoms with van der Waals surface area (Å²) < 4.78 is 5.61. The van der Waals surface area contributed by atoms with E-state index >= 15 is 0 Å². The molecular weight excluding hydrogens is 270 g/mol. The van der Waals surface area contributed by atoms with Crippen LogP contribution in [0.2, 0.25) is 5.15 Å². The normalized spacial score (nSPS) is 19.5. The van der Waals surface area contributed by atoms with Crippen LogP contribution in [-0.2, 0) is 4.74 Å². The van der Waals surface area contributed by atoms with E-state index in [4.69, 9.17) is 16.3 Å². The summed E-state index contributed by atoms with van der Waals surface area (Å²) in [6.45, 7) is 4.13. The van der Waals surface area contributed by atoms with Gasteiger partial charge in [-0.05, 0) is 19.8 Å². The van der Waals surface area contributed by atoms with Crippen molar-refractivity contribution in [1.82, 2.24) is 4.98 Å². The molecule has 104 valence electrons. The molecule has 1 atom stereocenters. The number of hydrogen-bond donors (Lipinski definition) is 0. The molecule has 1 aromatic heterocycles. The first-order chi connectivity index (χ1) is 9.10. The van der Waals surface area contributed by atoms with Crippen molar-refractivity contribution in [2.75, 3.05) is 24.6 Å². The lowest BCUT2D eigenvalue weighted by molar-refractivity contribution is -0.384. The monoisotopic (exact) mass is 285 g/mol. The number of anilines is 1. The molecule has 0 aliphatic carbocycles. The zero-order valence-electron chi connectivity index (χ0n) is 10.7. The van der Waals surface area contributed by atoms with Gasteiger partial charge in [-0.2, -0.15) is 0 Å². The second-order valence-electron chi connectivity index (χ2n) is 4.43. The maximum absolute atomic E-state index is 10.8. The summed E-state index contributed by atoms with van der Waals surface area (Å²) in [6.07, 6.45) is 2.14. The van der Waals surface area contributed by atoms with Crippen LogP contribution in [0.3, 0.4) is 0 Å². The molecule has 1 saturated heterocycles. The summed E-state index contributed by atoms with van der Waals surface area (Å²) in [6, 6.07) is 2.72. The lowest BCUT2D eigenvalue weighted by atomic mass is 10.1. The first-order valence-corrected chi connectivity index (χ1v) is 6.66. The zero-order chi connectivity index (χ0) is 13.8. The van der Waals surface area contributed by atoms with Crippen molar-refractivity contribution in [3.63, 3.8) is 0 Å². The number of nitro groups is 1. The molecule has 0 saturated carbocycles. The third-order valence-corrected chi connectivity index (χ3v) is 3.27. The molecule has 0 spiro atoms. The van der Waals surface area contributed by atoms with Crippen molar-refractivity contribution in [1.29, 1.82) is 0 Å². The number of nitrogens with zero attached hydrogens (tertiary/aromatic N) is 3. The molecule has 6 nitrogen and oxygen atoms in total. The van der Waals surface area contributed by atoms with E-state index in [0.29, 0.717) is 19.0 Å². The van der Waals surface area contributed by atoms with Gasteiger partial charge in [0.25, 0.3) is 5.69 Å². The Balaban J connectivity index is 2.18. The number of pyridine rings is 1. The Morgan fingerprint density at radius 1 is 1.63 bits per heavy atom. The largest absolute Gasteiger partial charge is 0.377 e. The van der Waals surface area contributed by atoms with Gasteiger partial charge in [0.1, 0.15) is 11.0 Å².